The number of aliphatic hydroxyl groups is 1. The second-order valence-corrected chi connectivity index (χ2v) is 16.2. The summed E-state index contributed by atoms with van der Waals surface area (Å²) < 4.78 is 115. The molecule has 11 nitrogen and oxygen atoms in total. The fourth-order valence-electron chi connectivity index (χ4n) is 6.96. The van der Waals surface area contributed by atoms with Crippen molar-refractivity contribution in [2.45, 2.75) is 63.1 Å². The number of nitrogens with zero attached hydrogens (tertiary/aromatic N) is 4. The number of fused-ring (bicyclic) bond motifs is 4. The monoisotopic (exact) mass is 805 g/mol. The number of anilines is 1. The SMILES string of the molecule is CC(C)(O)C#Cc1ccc(-c2ccc(Cl)c3c(NS(C)(=O)=O)n[nH]c23)c([C@H](Cc2cc(F)cc(F)c2)NC(=O)Cn2nc(C(F)F)c3c2C(F)(F)[C@@H]2C[C@H]32)n1. The third kappa shape index (κ3) is 7.60. The van der Waals surface area contributed by atoms with Gasteiger partial charge in [-0.15, -0.1) is 0 Å². The van der Waals surface area contributed by atoms with E-state index in [1.807, 2.05) is 0 Å². The van der Waals surface area contributed by atoms with Gasteiger partial charge in [-0.1, -0.05) is 23.6 Å². The third-order valence-corrected chi connectivity index (χ3v) is 10.0. The van der Waals surface area contributed by atoms with Gasteiger partial charge < -0.3 is 10.4 Å². The van der Waals surface area contributed by atoms with Gasteiger partial charge in [-0.3, -0.25) is 19.3 Å². The molecule has 19 heteroatoms. The quantitative estimate of drug-likeness (QED) is 0.0929. The Hall–Kier alpha value is -5.12. The highest BCUT2D eigenvalue weighted by Gasteiger charge is 2.67. The lowest BCUT2D eigenvalue weighted by Crippen LogP contribution is -2.35. The molecule has 0 aliphatic heterocycles. The van der Waals surface area contributed by atoms with Crippen LogP contribution in [0.2, 0.25) is 5.02 Å². The zero-order valence-corrected chi connectivity index (χ0v) is 30.6. The Morgan fingerprint density at radius 3 is 2.47 bits per heavy atom. The molecule has 0 spiro atoms. The van der Waals surface area contributed by atoms with Crippen molar-refractivity contribution in [3.05, 3.63) is 93.0 Å². The number of pyridine rings is 1. The molecule has 2 aromatic carbocycles. The molecule has 55 heavy (non-hydrogen) atoms. The van der Waals surface area contributed by atoms with Gasteiger partial charge in [0.15, 0.2) is 5.82 Å². The maximum atomic E-state index is 15.3. The number of benzene rings is 2. The van der Waals surface area contributed by atoms with E-state index in [4.69, 9.17) is 11.6 Å². The Bertz CT molecular complexity index is 2540. The van der Waals surface area contributed by atoms with Gasteiger partial charge in [0.05, 0.1) is 33.9 Å². The van der Waals surface area contributed by atoms with Crippen LogP contribution in [0.5, 0.6) is 0 Å². The molecule has 1 saturated carbocycles. The van der Waals surface area contributed by atoms with Crippen molar-refractivity contribution in [1.29, 1.82) is 0 Å². The zero-order chi connectivity index (χ0) is 39.8. The highest BCUT2D eigenvalue weighted by atomic mass is 35.5. The summed E-state index contributed by atoms with van der Waals surface area (Å²) >= 11 is 6.49. The number of rotatable bonds is 10. The van der Waals surface area contributed by atoms with E-state index in [9.17, 15) is 35.9 Å². The maximum Gasteiger partial charge on any atom is 0.293 e. The number of carbonyl (C=O) groups is 1. The number of amides is 1. The first kappa shape index (κ1) is 38.2. The Kier molecular flexibility index (Phi) is 9.41. The fourth-order valence-corrected chi connectivity index (χ4v) is 7.70. The molecular weight excluding hydrogens is 776 g/mol. The molecular formula is C36H30ClF6N7O4S. The predicted molar refractivity (Wildman–Crippen MR) is 189 cm³/mol. The molecule has 0 saturated heterocycles. The van der Waals surface area contributed by atoms with Crippen LogP contribution in [-0.2, 0) is 33.7 Å². The van der Waals surface area contributed by atoms with Crippen LogP contribution in [0.25, 0.3) is 22.0 Å². The summed E-state index contributed by atoms with van der Waals surface area (Å²) in [5.41, 5.74) is -2.40. The number of aromatic amines is 1. The first-order chi connectivity index (χ1) is 25.7. The van der Waals surface area contributed by atoms with E-state index in [0.717, 1.165) is 18.4 Å². The molecule has 0 bridgehead atoms. The van der Waals surface area contributed by atoms with E-state index in [0.29, 0.717) is 16.3 Å². The number of H-pyrrole nitrogens is 1. The fraction of sp³-hybridized carbons (Fsp3) is 0.333. The molecule has 3 aromatic heterocycles. The summed E-state index contributed by atoms with van der Waals surface area (Å²) in [6, 6.07) is 7.37. The topological polar surface area (TPSA) is 155 Å². The van der Waals surface area contributed by atoms with Crippen LogP contribution >= 0.6 is 11.6 Å². The number of alkyl halides is 4. The first-order valence-electron chi connectivity index (χ1n) is 16.6. The van der Waals surface area contributed by atoms with Crippen LogP contribution in [0, 0.1) is 29.4 Å². The van der Waals surface area contributed by atoms with Crippen LogP contribution in [0.15, 0.2) is 42.5 Å². The molecule has 2 aliphatic rings. The van der Waals surface area contributed by atoms with Crippen molar-refractivity contribution >= 4 is 44.3 Å². The van der Waals surface area contributed by atoms with E-state index in [2.05, 4.69) is 42.2 Å². The molecule has 0 radical (unpaired) electrons. The van der Waals surface area contributed by atoms with Gasteiger partial charge in [0.2, 0.25) is 15.9 Å². The minimum absolute atomic E-state index is 0.0157. The van der Waals surface area contributed by atoms with Gasteiger partial charge in [-0.2, -0.15) is 19.0 Å². The van der Waals surface area contributed by atoms with E-state index in [-0.39, 0.29) is 62.7 Å². The van der Waals surface area contributed by atoms with Crippen molar-refractivity contribution in [3.8, 4) is 23.0 Å². The van der Waals surface area contributed by atoms with Crippen LogP contribution in [0.4, 0.5) is 32.2 Å². The van der Waals surface area contributed by atoms with Crippen molar-refractivity contribution in [2.75, 3.05) is 11.0 Å². The zero-order valence-electron chi connectivity index (χ0n) is 29.0. The number of carbonyl (C=O) groups excluding carboxylic acids is 1. The summed E-state index contributed by atoms with van der Waals surface area (Å²) in [5, 5.41) is 23.8. The minimum atomic E-state index is -3.82. The lowest BCUT2D eigenvalue weighted by molar-refractivity contribution is -0.123. The lowest BCUT2D eigenvalue weighted by Gasteiger charge is -2.23. The number of nitrogens with one attached hydrogen (secondary N) is 3. The van der Waals surface area contributed by atoms with E-state index in [1.165, 1.54) is 32.0 Å². The standard InChI is InChI=1S/C36H30ClF6N7O4S/c1-35(2,52)9-8-19-4-5-20(21-6-7-24(37)28-30(21)46-47-34(28)49-55(3,53)54)29(44-19)25(12-16-10-17(38)13-18(39)11-16)45-26(51)15-50-32-27(31(48-50)33(40)41)22-14-23(22)36(32,42)43/h4-7,10-11,13,22-23,25,33,52H,12,14-15H2,1-3H3,(H,45,51)(H2,46,47,49)/t22-,23+,25-/m0/s1. The molecule has 5 aromatic rings. The Labute approximate surface area is 314 Å². The van der Waals surface area contributed by atoms with Gasteiger partial charge in [0.1, 0.15) is 40.9 Å². The van der Waals surface area contributed by atoms with Crippen molar-refractivity contribution in [1.82, 2.24) is 30.3 Å². The first-order valence-corrected chi connectivity index (χ1v) is 18.9. The Morgan fingerprint density at radius 2 is 1.82 bits per heavy atom. The number of aromatic nitrogens is 5. The second kappa shape index (κ2) is 13.6. The number of sulfonamides is 1. The van der Waals surface area contributed by atoms with Gasteiger partial charge in [0, 0.05) is 28.7 Å². The van der Waals surface area contributed by atoms with E-state index in [1.54, 1.807) is 6.07 Å². The number of hydrogen-bond donors (Lipinski definition) is 4. The van der Waals surface area contributed by atoms with Crippen LogP contribution in [0.3, 0.4) is 0 Å². The van der Waals surface area contributed by atoms with E-state index >= 15 is 8.78 Å². The highest BCUT2D eigenvalue weighted by Crippen LogP contribution is 2.68. The van der Waals surface area contributed by atoms with Gasteiger partial charge in [-0.25, -0.2) is 31.0 Å². The highest BCUT2D eigenvalue weighted by molar-refractivity contribution is 7.92. The molecule has 2 aliphatic carbocycles. The average molecular weight is 806 g/mol. The van der Waals surface area contributed by atoms with Crippen LogP contribution < -0.4 is 10.0 Å². The second-order valence-electron chi connectivity index (χ2n) is 14.0. The summed E-state index contributed by atoms with van der Waals surface area (Å²) in [5.74, 6) is -3.09. The molecule has 1 fully saturated rings. The third-order valence-electron chi connectivity index (χ3n) is 9.15. The Morgan fingerprint density at radius 1 is 1.13 bits per heavy atom. The largest absolute Gasteiger partial charge is 0.378 e. The van der Waals surface area contributed by atoms with Crippen LogP contribution in [0.1, 0.15) is 72.6 Å². The molecule has 4 N–H and O–H groups in total. The summed E-state index contributed by atoms with van der Waals surface area (Å²) in [7, 11) is -3.82. The number of hydrogen-bond acceptors (Lipinski definition) is 7. The summed E-state index contributed by atoms with van der Waals surface area (Å²) in [6.07, 6.45) is -2.58. The maximum absolute atomic E-state index is 15.3. The minimum Gasteiger partial charge on any atom is -0.378 e. The summed E-state index contributed by atoms with van der Waals surface area (Å²) in [4.78, 5) is 18.5. The predicted octanol–water partition coefficient (Wildman–Crippen LogP) is 6.49. The van der Waals surface area contributed by atoms with Crippen LogP contribution in [-0.4, -0.2) is 56.3 Å². The van der Waals surface area contributed by atoms with Gasteiger partial charge in [-0.05, 0) is 74.4 Å². The smallest absolute Gasteiger partial charge is 0.293 e. The number of halogens is 7. The molecule has 288 valence electrons. The molecule has 3 atom stereocenters. The summed E-state index contributed by atoms with van der Waals surface area (Å²) in [6.45, 7) is 1.94. The molecule has 7 rings (SSSR count). The van der Waals surface area contributed by atoms with Crippen molar-refractivity contribution in [2.24, 2.45) is 5.92 Å². The molecule has 0 unspecified atom stereocenters. The van der Waals surface area contributed by atoms with Gasteiger partial charge >= 0.3 is 0 Å². The van der Waals surface area contributed by atoms with E-state index < -0.39 is 81.3 Å². The lowest BCUT2D eigenvalue weighted by atomic mass is 9.93. The molecule has 3 heterocycles. The average Bonchev–Trinajstić information content (AvgIpc) is 3.54. The van der Waals surface area contributed by atoms with Gasteiger partial charge in [0.25, 0.3) is 12.3 Å². The van der Waals surface area contributed by atoms with Crippen molar-refractivity contribution < 1.29 is 44.7 Å². The van der Waals surface area contributed by atoms with Crippen molar-refractivity contribution in [3.63, 3.8) is 0 Å². The Balaban J connectivity index is 1.37. The molecule has 1 amide bonds. The normalized spacial score (nSPS) is 17.7.